The lowest BCUT2D eigenvalue weighted by molar-refractivity contribution is 0.0751. The topological polar surface area (TPSA) is 114 Å². The minimum absolute atomic E-state index is 0.159. The number of hydrogen-bond acceptors (Lipinski definition) is 6. The van der Waals surface area contributed by atoms with Gasteiger partial charge in [0.15, 0.2) is 0 Å². The molecule has 3 rings (SSSR count). The SMILES string of the molecule is CCCN(CCC)C(=O)c1cccc(C(N)=O)c1[C@H](Cc1ccccc1)[C@@H](O)CNCc1ccc(OC)cc1OC. The molecule has 4 N–H and O–H groups in total. The zero-order valence-corrected chi connectivity index (χ0v) is 24.6. The van der Waals surface area contributed by atoms with Crippen LogP contribution in [0.3, 0.4) is 0 Å². The molecule has 0 spiro atoms. The van der Waals surface area contributed by atoms with Gasteiger partial charge in [0.25, 0.3) is 5.91 Å². The van der Waals surface area contributed by atoms with Crippen molar-refractivity contribution >= 4 is 11.8 Å². The molecular weight excluding hydrogens is 518 g/mol. The van der Waals surface area contributed by atoms with Crippen LogP contribution >= 0.6 is 0 Å². The number of nitrogens with one attached hydrogen (secondary N) is 1. The number of primary amides is 1. The quantitative estimate of drug-likeness (QED) is 0.237. The lowest BCUT2D eigenvalue weighted by Crippen LogP contribution is -2.37. The van der Waals surface area contributed by atoms with Crippen molar-refractivity contribution in [3.8, 4) is 11.5 Å². The lowest BCUT2D eigenvalue weighted by Gasteiger charge is -2.30. The van der Waals surface area contributed by atoms with Crippen LogP contribution < -0.4 is 20.5 Å². The highest BCUT2D eigenvalue weighted by molar-refractivity contribution is 6.02. The van der Waals surface area contributed by atoms with E-state index in [0.29, 0.717) is 48.7 Å². The Labute approximate surface area is 243 Å². The summed E-state index contributed by atoms with van der Waals surface area (Å²) < 4.78 is 10.8. The number of rotatable bonds is 16. The highest BCUT2D eigenvalue weighted by Gasteiger charge is 2.31. The molecule has 0 saturated heterocycles. The van der Waals surface area contributed by atoms with Gasteiger partial charge >= 0.3 is 0 Å². The van der Waals surface area contributed by atoms with Crippen LogP contribution in [0.4, 0.5) is 0 Å². The molecule has 220 valence electrons. The van der Waals surface area contributed by atoms with Gasteiger partial charge in [-0.15, -0.1) is 0 Å². The molecule has 41 heavy (non-hydrogen) atoms. The van der Waals surface area contributed by atoms with E-state index >= 15 is 0 Å². The van der Waals surface area contributed by atoms with Gasteiger partial charge in [-0.1, -0.05) is 56.3 Å². The van der Waals surface area contributed by atoms with Crippen LogP contribution in [0.5, 0.6) is 11.5 Å². The molecule has 2 atom stereocenters. The minimum Gasteiger partial charge on any atom is -0.497 e. The summed E-state index contributed by atoms with van der Waals surface area (Å²) in [4.78, 5) is 28.4. The second-order valence-electron chi connectivity index (χ2n) is 10.1. The Morgan fingerprint density at radius 1 is 0.927 bits per heavy atom. The largest absolute Gasteiger partial charge is 0.497 e. The number of amides is 2. The monoisotopic (exact) mass is 561 g/mol. The molecule has 0 aliphatic rings. The van der Waals surface area contributed by atoms with Crippen molar-refractivity contribution in [2.75, 3.05) is 33.9 Å². The summed E-state index contributed by atoms with van der Waals surface area (Å²) in [5.74, 6) is -0.00291. The number of carbonyl (C=O) groups excluding carboxylic acids is 2. The van der Waals surface area contributed by atoms with E-state index in [0.717, 1.165) is 24.0 Å². The van der Waals surface area contributed by atoms with E-state index in [9.17, 15) is 14.7 Å². The number of methoxy groups -OCH3 is 2. The van der Waals surface area contributed by atoms with Crippen molar-refractivity contribution in [3.63, 3.8) is 0 Å². The molecule has 8 nitrogen and oxygen atoms in total. The van der Waals surface area contributed by atoms with Crippen LogP contribution in [0, 0.1) is 0 Å². The third-order valence-electron chi connectivity index (χ3n) is 7.17. The van der Waals surface area contributed by atoms with Gasteiger partial charge in [-0.05, 0) is 48.6 Å². The molecule has 0 bridgehead atoms. The van der Waals surface area contributed by atoms with Gasteiger partial charge in [0.2, 0.25) is 5.91 Å². The molecular formula is C33H43N3O5. The summed E-state index contributed by atoms with van der Waals surface area (Å²) in [6.07, 6.45) is 1.11. The first kappa shape index (κ1) is 31.6. The lowest BCUT2D eigenvalue weighted by atomic mass is 9.81. The summed E-state index contributed by atoms with van der Waals surface area (Å²) in [7, 11) is 3.20. The zero-order valence-electron chi connectivity index (χ0n) is 24.6. The normalized spacial score (nSPS) is 12.4. The van der Waals surface area contributed by atoms with Crippen molar-refractivity contribution < 1.29 is 24.2 Å². The molecule has 0 aliphatic carbocycles. The fraction of sp³-hybridized carbons (Fsp3) is 0.394. The van der Waals surface area contributed by atoms with Crippen LogP contribution in [0.2, 0.25) is 0 Å². The summed E-state index contributed by atoms with van der Waals surface area (Å²) in [5.41, 5.74) is 8.88. The maximum absolute atomic E-state index is 13.9. The fourth-order valence-electron chi connectivity index (χ4n) is 5.18. The maximum atomic E-state index is 13.9. The van der Waals surface area contributed by atoms with Crippen LogP contribution in [0.1, 0.15) is 70.0 Å². The molecule has 3 aromatic rings. The molecule has 0 unspecified atom stereocenters. The Morgan fingerprint density at radius 3 is 2.22 bits per heavy atom. The van der Waals surface area contributed by atoms with Gasteiger partial charge in [0.1, 0.15) is 11.5 Å². The molecule has 8 heteroatoms. The Bertz CT molecular complexity index is 1280. The fourth-order valence-corrected chi connectivity index (χ4v) is 5.18. The average molecular weight is 562 g/mol. The first-order valence-electron chi connectivity index (χ1n) is 14.2. The van der Waals surface area contributed by atoms with E-state index in [4.69, 9.17) is 15.2 Å². The van der Waals surface area contributed by atoms with E-state index in [-0.39, 0.29) is 18.0 Å². The van der Waals surface area contributed by atoms with E-state index in [1.54, 1.807) is 32.4 Å². The molecule has 3 aromatic carbocycles. The number of ether oxygens (including phenoxy) is 2. The van der Waals surface area contributed by atoms with Crippen LogP contribution in [-0.2, 0) is 13.0 Å². The van der Waals surface area contributed by atoms with Gasteiger partial charge in [-0.25, -0.2) is 0 Å². The maximum Gasteiger partial charge on any atom is 0.254 e. The second-order valence-corrected chi connectivity index (χ2v) is 10.1. The van der Waals surface area contributed by atoms with Crippen molar-refractivity contribution in [2.45, 2.75) is 51.7 Å². The predicted molar refractivity (Wildman–Crippen MR) is 162 cm³/mol. The third kappa shape index (κ3) is 8.31. The van der Waals surface area contributed by atoms with Crippen LogP contribution in [0.25, 0.3) is 0 Å². The van der Waals surface area contributed by atoms with E-state index in [2.05, 4.69) is 5.32 Å². The third-order valence-corrected chi connectivity index (χ3v) is 7.17. The van der Waals surface area contributed by atoms with E-state index < -0.39 is 17.9 Å². The summed E-state index contributed by atoms with van der Waals surface area (Å²) in [6.45, 7) is 5.91. The van der Waals surface area contributed by atoms with Crippen LogP contribution in [-0.4, -0.2) is 61.8 Å². The Kier molecular flexibility index (Phi) is 12.2. The minimum atomic E-state index is -0.933. The van der Waals surface area contributed by atoms with Crippen molar-refractivity contribution in [1.29, 1.82) is 0 Å². The Morgan fingerprint density at radius 2 is 1.61 bits per heavy atom. The van der Waals surface area contributed by atoms with Crippen molar-refractivity contribution in [3.05, 3.63) is 94.5 Å². The van der Waals surface area contributed by atoms with Crippen molar-refractivity contribution in [2.24, 2.45) is 5.73 Å². The first-order chi connectivity index (χ1) is 19.8. The molecule has 0 heterocycles. The van der Waals surface area contributed by atoms with Crippen LogP contribution in [0.15, 0.2) is 66.7 Å². The molecule has 0 radical (unpaired) electrons. The van der Waals surface area contributed by atoms with Gasteiger partial charge in [0, 0.05) is 54.9 Å². The summed E-state index contributed by atoms with van der Waals surface area (Å²) in [5, 5.41) is 15.0. The number of carbonyl (C=O) groups is 2. The molecule has 2 amide bonds. The highest BCUT2D eigenvalue weighted by Crippen LogP contribution is 2.32. The molecule has 0 saturated carbocycles. The smallest absolute Gasteiger partial charge is 0.254 e. The Hall–Kier alpha value is -3.88. The number of nitrogens with zero attached hydrogens (tertiary/aromatic N) is 1. The first-order valence-corrected chi connectivity index (χ1v) is 14.2. The average Bonchev–Trinajstić information content (AvgIpc) is 2.99. The number of aliphatic hydroxyl groups excluding tert-OH is 1. The van der Waals surface area contributed by atoms with Gasteiger partial charge < -0.3 is 30.5 Å². The number of aliphatic hydroxyl groups is 1. The van der Waals surface area contributed by atoms with Crippen molar-refractivity contribution in [1.82, 2.24) is 10.2 Å². The number of hydrogen-bond donors (Lipinski definition) is 3. The van der Waals surface area contributed by atoms with E-state index in [1.165, 1.54) is 0 Å². The highest BCUT2D eigenvalue weighted by atomic mass is 16.5. The van der Waals surface area contributed by atoms with Gasteiger partial charge in [0.05, 0.1) is 20.3 Å². The zero-order chi connectivity index (χ0) is 29.8. The Balaban J connectivity index is 1.99. The standard InChI is InChI=1S/C33H43N3O5/c1-5-17-36(18-6-2)33(39)27-14-10-13-26(32(34)38)31(27)28(19-23-11-8-7-9-12-23)29(37)22-35-21-24-15-16-25(40-3)20-30(24)41-4/h7-16,20,28-29,35,37H,5-6,17-19,21-22H2,1-4H3,(H2,34,38)/t28-,29+/m1/s1. The number of benzene rings is 3. The predicted octanol–water partition coefficient (Wildman–Crippen LogP) is 4.54. The molecule has 0 aromatic heterocycles. The second kappa shape index (κ2) is 15.8. The molecule has 0 aliphatic heterocycles. The summed E-state index contributed by atoms with van der Waals surface area (Å²) >= 11 is 0. The van der Waals surface area contributed by atoms with Gasteiger partial charge in [-0.2, -0.15) is 0 Å². The van der Waals surface area contributed by atoms with Gasteiger partial charge in [-0.3, -0.25) is 9.59 Å². The van der Waals surface area contributed by atoms with E-state index in [1.807, 2.05) is 67.3 Å². The molecule has 0 fully saturated rings. The summed E-state index contributed by atoms with van der Waals surface area (Å²) in [6, 6.07) is 20.4. The number of nitrogens with two attached hydrogens (primary N) is 1.